The predicted molar refractivity (Wildman–Crippen MR) is 81.5 cm³/mol. The molecule has 1 saturated carbocycles. The van der Waals surface area contributed by atoms with Crippen LogP contribution in [-0.4, -0.2) is 11.5 Å². The fourth-order valence-corrected chi connectivity index (χ4v) is 4.31. The Hall–Kier alpha value is 0.210. The van der Waals surface area contributed by atoms with Crippen molar-refractivity contribution in [3.05, 3.63) is 29.3 Å². The molecule has 0 radical (unpaired) electrons. The van der Waals surface area contributed by atoms with E-state index in [-0.39, 0.29) is 0 Å². The van der Waals surface area contributed by atoms with Crippen LogP contribution in [0, 0.1) is 5.41 Å². The minimum absolute atomic E-state index is 0.464. The van der Waals surface area contributed by atoms with Crippen LogP contribution in [0.4, 0.5) is 0 Å². The molecule has 0 aromatic heterocycles. The number of thioether (sulfide) groups is 1. The summed E-state index contributed by atoms with van der Waals surface area (Å²) in [6, 6.07) is 8.17. The van der Waals surface area contributed by atoms with E-state index in [0.29, 0.717) is 5.41 Å². The number of halogens is 1. The summed E-state index contributed by atoms with van der Waals surface area (Å²) in [6.45, 7) is 0. The molecule has 17 heavy (non-hydrogen) atoms. The molecule has 1 fully saturated rings. The molecule has 0 heterocycles. The van der Waals surface area contributed by atoms with Crippen molar-refractivity contribution in [1.29, 1.82) is 0 Å². The smallest absolute Gasteiger partial charge is 0.0406 e. The van der Waals surface area contributed by atoms with Crippen LogP contribution < -0.4 is 0 Å². The zero-order valence-electron chi connectivity index (χ0n) is 9.99. The molecule has 0 nitrogen and oxygen atoms in total. The van der Waals surface area contributed by atoms with Crippen LogP contribution in [-0.2, 0) is 0 Å². The van der Waals surface area contributed by atoms with Gasteiger partial charge in [0.2, 0.25) is 0 Å². The second-order valence-corrected chi connectivity index (χ2v) is 6.76. The summed E-state index contributed by atoms with van der Waals surface area (Å²) in [5.41, 5.74) is 0.464. The first-order valence-electron chi connectivity index (χ1n) is 6.23. The number of hydrogen-bond donors (Lipinski definition) is 1. The van der Waals surface area contributed by atoms with Gasteiger partial charge in [-0.3, -0.25) is 0 Å². The lowest BCUT2D eigenvalue weighted by Crippen LogP contribution is -2.28. The molecule has 0 saturated heterocycles. The quantitative estimate of drug-likeness (QED) is 0.578. The maximum absolute atomic E-state index is 5.89. The molecule has 1 aliphatic rings. The third kappa shape index (κ3) is 3.84. The van der Waals surface area contributed by atoms with Crippen LogP contribution >= 0.6 is 36.0 Å². The third-order valence-corrected chi connectivity index (χ3v) is 5.89. The molecule has 0 atom stereocenters. The van der Waals surface area contributed by atoms with Gasteiger partial charge in [0.25, 0.3) is 0 Å². The van der Waals surface area contributed by atoms with Gasteiger partial charge < -0.3 is 0 Å². The minimum Gasteiger partial charge on any atom is -0.179 e. The van der Waals surface area contributed by atoms with Crippen molar-refractivity contribution in [2.75, 3.05) is 11.5 Å². The molecule has 1 aromatic carbocycles. The monoisotopic (exact) mass is 286 g/mol. The topological polar surface area (TPSA) is 0 Å². The van der Waals surface area contributed by atoms with E-state index >= 15 is 0 Å². The maximum atomic E-state index is 5.89. The highest BCUT2D eigenvalue weighted by Gasteiger charge is 2.30. The second kappa shape index (κ2) is 6.40. The second-order valence-electron chi connectivity index (χ2n) is 4.96. The summed E-state index contributed by atoms with van der Waals surface area (Å²) in [4.78, 5) is 1.32. The molecule has 0 N–H and O–H groups in total. The molecular formula is C14H19ClS2. The average molecular weight is 287 g/mol. The number of thiol groups is 1. The number of hydrogen-bond acceptors (Lipinski definition) is 2. The molecule has 2 rings (SSSR count). The number of benzene rings is 1. The first-order valence-corrected chi connectivity index (χ1v) is 8.23. The summed E-state index contributed by atoms with van der Waals surface area (Å²) < 4.78 is 0. The van der Waals surface area contributed by atoms with Crippen LogP contribution in [0.5, 0.6) is 0 Å². The van der Waals surface area contributed by atoms with Crippen molar-refractivity contribution in [3.8, 4) is 0 Å². The fourth-order valence-electron chi connectivity index (χ4n) is 2.42. The Labute approximate surface area is 119 Å². The average Bonchev–Trinajstić information content (AvgIpc) is 2.39. The zero-order valence-corrected chi connectivity index (χ0v) is 12.5. The Morgan fingerprint density at radius 1 is 1.12 bits per heavy atom. The van der Waals surface area contributed by atoms with Gasteiger partial charge in [0.1, 0.15) is 0 Å². The largest absolute Gasteiger partial charge is 0.179 e. The predicted octanol–water partition coefficient (Wildman–Crippen LogP) is 5.31. The van der Waals surface area contributed by atoms with Gasteiger partial charge in [-0.2, -0.15) is 12.6 Å². The first-order chi connectivity index (χ1) is 8.24. The standard InChI is InChI=1S/C14H19ClS2/c15-12-4-6-13(7-5-12)17-11-14(10-16)8-2-1-3-9-14/h4-7,16H,1-3,8-11H2. The van der Waals surface area contributed by atoms with E-state index < -0.39 is 0 Å². The Bertz CT molecular complexity index is 342. The first kappa shape index (κ1) is 13.6. The van der Waals surface area contributed by atoms with Crippen molar-refractivity contribution in [3.63, 3.8) is 0 Å². The van der Waals surface area contributed by atoms with Crippen LogP contribution in [0.3, 0.4) is 0 Å². The molecule has 0 amide bonds. The Balaban J connectivity index is 1.93. The van der Waals surface area contributed by atoms with E-state index in [9.17, 15) is 0 Å². The van der Waals surface area contributed by atoms with Crippen molar-refractivity contribution in [2.45, 2.75) is 37.0 Å². The van der Waals surface area contributed by atoms with E-state index in [0.717, 1.165) is 10.8 Å². The Morgan fingerprint density at radius 3 is 2.35 bits per heavy atom. The number of rotatable bonds is 4. The van der Waals surface area contributed by atoms with Crippen LogP contribution in [0.15, 0.2) is 29.2 Å². The molecule has 0 unspecified atom stereocenters. The molecule has 0 aliphatic heterocycles. The van der Waals surface area contributed by atoms with E-state index in [1.165, 1.54) is 42.8 Å². The van der Waals surface area contributed by atoms with Crippen LogP contribution in [0.1, 0.15) is 32.1 Å². The molecule has 3 heteroatoms. The van der Waals surface area contributed by atoms with Gasteiger partial charge in [-0.05, 0) is 48.3 Å². The summed E-state index contributed by atoms with van der Waals surface area (Å²) in [5.74, 6) is 2.21. The van der Waals surface area contributed by atoms with Crippen molar-refractivity contribution in [1.82, 2.24) is 0 Å². The Kier molecular flexibility index (Phi) is 5.13. The summed E-state index contributed by atoms with van der Waals surface area (Å²) in [7, 11) is 0. The minimum atomic E-state index is 0.464. The highest BCUT2D eigenvalue weighted by molar-refractivity contribution is 7.99. The lowest BCUT2D eigenvalue weighted by atomic mass is 9.77. The van der Waals surface area contributed by atoms with Crippen LogP contribution in [0.2, 0.25) is 5.02 Å². The summed E-state index contributed by atoms with van der Waals surface area (Å²) in [5, 5.41) is 0.816. The van der Waals surface area contributed by atoms with Gasteiger partial charge in [0, 0.05) is 15.7 Å². The van der Waals surface area contributed by atoms with Crippen molar-refractivity contribution in [2.24, 2.45) is 5.41 Å². The summed E-state index contributed by atoms with van der Waals surface area (Å²) >= 11 is 12.4. The van der Waals surface area contributed by atoms with E-state index in [2.05, 4.69) is 24.8 Å². The third-order valence-electron chi connectivity index (χ3n) is 3.61. The molecule has 0 bridgehead atoms. The van der Waals surface area contributed by atoms with E-state index in [1.54, 1.807) is 0 Å². The SMILES string of the molecule is SCC1(CSc2ccc(Cl)cc2)CCCCC1. The fraction of sp³-hybridized carbons (Fsp3) is 0.571. The summed E-state index contributed by atoms with van der Waals surface area (Å²) in [6.07, 6.45) is 6.85. The van der Waals surface area contributed by atoms with Crippen LogP contribution in [0.25, 0.3) is 0 Å². The molecule has 94 valence electrons. The van der Waals surface area contributed by atoms with Gasteiger partial charge in [-0.25, -0.2) is 0 Å². The van der Waals surface area contributed by atoms with Gasteiger partial charge in [-0.15, -0.1) is 11.8 Å². The zero-order chi connectivity index (χ0) is 12.1. The maximum Gasteiger partial charge on any atom is 0.0406 e. The lowest BCUT2D eigenvalue weighted by molar-refractivity contribution is 0.259. The van der Waals surface area contributed by atoms with Gasteiger partial charge in [0.15, 0.2) is 0 Å². The van der Waals surface area contributed by atoms with Crippen molar-refractivity contribution < 1.29 is 0 Å². The molecular weight excluding hydrogens is 268 g/mol. The highest BCUT2D eigenvalue weighted by atomic mass is 35.5. The molecule has 0 spiro atoms. The van der Waals surface area contributed by atoms with Gasteiger partial charge in [-0.1, -0.05) is 30.9 Å². The van der Waals surface area contributed by atoms with E-state index in [4.69, 9.17) is 11.6 Å². The normalized spacial score (nSPS) is 19.2. The molecule has 1 aromatic rings. The lowest BCUT2D eigenvalue weighted by Gasteiger charge is -2.35. The molecule has 1 aliphatic carbocycles. The van der Waals surface area contributed by atoms with Gasteiger partial charge >= 0.3 is 0 Å². The van der Waals surface area contributed by atoms with Crippen molar-refractivity contribution >= 4 is 36.0 Å². The van der Waals surface area contributed by atoms with Gasteiger partial charge in [0.05, 0.1) is 0 Å². The highest BCUT2D eigenvalue weighted by Crippen LogP contribution is 2.41. The van der Waals surface area contributed by atoms with E-state index in [1.807, 2.05) is 23.9 Å². The Morgan fingerprint density at radius 2 is 1.76 bits per heavy atom.